The molecule has 0 N–H and O–H groups in total. The highest BCUT2D eigenvalue weighted by Gasteiger charge is 2.35. The second kappa shape index (κ2) is 12.1. The van der Waals surface area contributed by atoms with Gasteiger partial charge >= 0.3 is 0 Å². The first kappa shape index (κ1) is 31.6. The number of para-hydroxylation sites is 1. The summed E-state index contributed by atoms with van der Waals surface area (Å²) in [5.41, 5.74) is 15.2. The van der Waals surface area contributed by atoms with Crippen molar-refractivity contribution in [3.05, 3.63) is 199 Å². The van der Waals surface area contributed by atoms with Crippen molar-refractivity contribution in [2.75, 3.05) is 4.90 Å². The number of fused-ring (bicyclic) bond motifs is 8. The number of furan rings is 1. The molecule has 0 bridgehead atoms. The van der Waals surface area contributed by atoms with Crippen LogP contribution in [-0.4, -0.2) is 0 Å². The molecular weight excluding hydrogens is 667 g/mol. The van der Waals surface area contributed by atoms with Crippen molar-refractivity contribution in [1.29, 1.82) is 0 Å². The van der Waals surface area contributed by atoms with E-state index in [4.69, 9.17) is 4.42 Å². The van der Waals surface area contributed by atoms with Gasteiger partial charge in [-0.25, -0.2) is 0 Å². The normalized spacial score (nSPS) is 13.1. The minimum atomic E-state index is -0.108. The molecule has 1 aliphatic rings. The van der Waals surface area contributed by atoms with E-state index in [1.165, 1.54) is 60.5 Å². The largest absolute Gasteiger partial charge is 0.456 e. The molecule has 1 aliphatic carbocycles. The maximum Gasteiger partial charge on any atom is 0.136 e. The Labute approximate surface area is 320 Å². The molecule has 1 aromatic heterocycles. The first-order valence-corrected chi connectivity index (χ1v) is 19.1. The van der Waals surface area contributed by atoms with Gasteiger partial charge in [-0.15, -0.1) is 0 Å². The maximum atomic E-state index is 6.43. The zero-order valence-corrected chi connectivity index (χ0v) is 30.8. The van der Waals surface area contributed by atoms with E-state index in [9.17, 15) is 0 Å². The standard InChI is InChI=1S/C53H37NO/c1-53(2)47-20-9-7-17-44(47)45-31-30-40(33-48(45)53)54(38-26-22-35(23-27-38)42-19-11-14-34-12-3-5-15-41(34)42)39-28-24-36(25-29-39)51-43-16-6-4-13-37(43)32-50-52(51)46-18-8-10-21-49(46)55-50/h3-33H,1-2H3. The van der Waals surface area contributed by atoms with Crippen molar-refractivity contribution in [2.24, 2.45) is 0 Å². The third kappa shape index (κ3) is 4.88. The molecule has 260 valence electrons. The van der Waals surface area contributed by atoms with Gasteiger partial charge in [-0.2, -0.15) is 0 Å². The highest BCUT2D eigenvalue weighted by molar-refractivity contribution is 6.20. The lowest BCUT2D eigenvalue weighted by Gasteiger charge is -2.28. The van der Waals surface area contributed by atoms with E-state index in [0.717, 1.165) is 44.6 Å². The Morgan fingerprint density at radius 1 is 0.400 bits per heavy atom. The molecule has 0 fully saturated rings. The Kier molecular flexibility index (Phi) is 6.93. The number of hydrogen-bond acceptors (Lipinski definition) is 2. The summed E-state index contributed by atoms with van der Waals surface area (Å²) in [6.07, 6.45) is 0. The fourth-order valence-corrected chi connectivity index (χ4v) is 9.17. The molecule has 11 rings (SSSR count). The van der Waals surface area contributed by atoms with E-state index in [1.54, 1.807) is 0 Å². The third-order valence-electron chi connectivity index (χ3n) is 11.9. The fourth-order valence-electron chi connectivity index (χ4n) is 9.17. The van der Waals surface area contributed by atoms with E-state index < -0.39 is 0 Å². The van der Waals surface area contributed by atoms with Crippen LogP contribution in [0.3, 0.4) is 0 Å². The first-order valence-electron chi connectivity index (χ1n) is 19.1. The lowest BCUT2D eigenvalue weighted by molar-refractivity contribution is 0.660. The number of hydrogen-bond donors (Lipinski definition) is 0. The smallest absolute Gasteiger partial charge is 0.136 e. The van der Waals surface area contributed by atoms with Crippen molar-refractivity contribution in [1.82, 2.24) is 0 Å². The van der Waals surface area contributed by atoms with Crippen LogP contribution in [0, 0.1) is 0 Å². The lowest BCUT2D eigenvalue weighted by atomic mass is 9.82. The number of nitrogens with zero attached hydrogens (tertiary/aromatic N) is 1. The first-order chi connectivity index (χ1) is 27.0. The molecule has 10 aromatic rings. The molecule has 0 spiro atoms. The number of benzene rings is 9. The number of anilines is 3. The topological polar surface area (TPSA) is 16.4 Å². The van der Waals surface area contributed by atoms with Gasteiger partial charge in [0.1, 0.15) is 11.2 Å². The van der Waals surface area contributed by atoms with Crippen molar-refractivity contribution >= 4 is 60.5 Å². The Morgan fingerprint density at radius 3 is 1.78 bits per heavy atom. The SMILES string of the molecule is CC1(C)c2ccccc2-c2ccc(N(c3ccc(-c4cccc5ccccc45)cc3)c3ccc(-c4c5ccccc5cc5oc6ccccc6c45)cc3)cc21. The molecule has 0 aliphatic heterocycles. The third-order valence-corrected chi connectivity index (χ3v) is 11.9. The molecule has 0 saturated heterocycles. The fraction of sp³-hybridized carbons (Fsp3) is 0.0566. The van der Waals surface area contributed by atoms with Crippen LogP contribution < -0.4 is 4.90 Å². The van der Waals surface area contributed by atoms with E-state index in [-0.39, 0.29) is 5.41 Å². The van der Waals surface area contributed by atoms with E-state index in [0.29, 0.717) is 0 Å². The summed E-state index contributed by atoms with van der Waals surface area (Å²) in [5, 5.41) is 7.19. The second-order valence-corrected chi connectivity index (χ2v) is 15.3. The van der Waals surface area contributed by atoms with Crippen LogP contribution in [0.25, 0.3) is 76.9 Å². The van der Waals surface area contributed by atoms with Gasteiger partial charge in [0.05, 0.1) is 0 Å². The molecule has 0 saturated carbocycles. The van der Waals surface area contributed by atoms with Gasteiger partial charge in [-0.05, 0) is 109 Å². The Morgan fingerprint density at radius 2 is 0.982 bits per heavy atom. The van der Waals surface area contributed by atoms with Gasteiger partial charge in [-0.3, -0.25) is 0 Å². The van der Waals surface area contributed by atoms with Crippen molar-refractivity contribution in [3.8, 4) is 33.4 Å². The van der Waals surface area contributed by atoms with Gasteiger partial charge in [0.2, 0.25) is 0 Å². The highest BCUT2D eigenvalue weighted by atomic mass is 16.3. The lowest BCUT2D eigenvalue weighted by Crippen LogP contribution is -2.16. The van der Waals surface area contributed by atoms with E-state index >= 15 is 0 Å². The van der Waals surface area contributed by atoms with Crippen molar-refractivity contribution in [3.63, 3.8) is 0 Å². The Hall–Kier alpha value is -6.90. The summed E-state index contributed by atoms with van der Waals surface area (Å²) >= 11 is 0. The summed E-state index contributed by atoms with van der Waals surface area (Å²) in [6.45, 7) is 4.70. The van der Waals surface area contributed by atoms with Crippen LogP contribution >= 0.6 is 0 Å². The molecule has 9 aromatic carbocycles. The zero-order valence-electron chi connectivity index (χ0n) is 30.8. The average Bonchev–Trinajstić information content (AvgIpc) is 3.71. The summed E-state index contributed by atoms with van der Waals surface area (Å²) in [6, 6.07) is 68.4. The summed E-state index contributed by atoms with van der Waals surface area (Å²) in [5.74, 6) is 0. The Bertz CT molecular complexity index is 3110. The summed E-state index contributed by atoms with van der Waals surface area (Å²) in [7, 11) is 0. The van der Waals surface area contributed by atoms with Crippen LogP contribution in [0.2, 0.25) is 0 Å². The van der Waals surface area contributed by atoms with Crippen LogP contribution in [0.1, 0.15) is 25.0 Å². The predicted molar refractivity (Wildman–Crippen MR) is 232 cm³/mol. The van der Waals surface area contributed by atoms with Gasteiger partial charge in [-0.1, -0.05) is 153 Å². The van der Waals surface area contributed by atoms with Gasteiger partial charge < -0.3 is 9.32 Å². The van der Waals surface area contributed by atoms with Crippen LogP contribution in [-0.2, 0) is 5.41 Å². The van der Waals surface area contributed by atoms with Crippen LogP contribution in [0.15, 0.2) is 192 Å². The minimum Gasteiger partial charge on any atom is -0.456 e. The maximum absolute atomic E-state index is 6.43. The zero-order chi connectivity index (χ0) is 36.7. The van der Waals surface area contributed by atoms with Crippen molar-refractivity contribution in [2.45, 2.75) is 19.3 Å². The quantitative estimate of drug-likeness (QED) is 0.177. The summed E-state index contributed by atoms with van der Waals surface area (Å²) in [4.78, 5) is 2.40. The van der Waals surface area contributed by atoms with Crippen molar-refractivity contribution < 1.29 is 4.42 Å². The Balaban J connectivity index is 1.07. The molecule has 2 heteroatoms. The average molecular weight is 704 g/mol. The molecule has 0 radical (unpaired) electrons. The molecule has 55 heavy (non-hydrogen) atoms. The van der Waals surface area contributed by atoms with E-state index in [2.05, 4.69) is 201 Å². The number of rotatable bonds is 5. The predicted octanol–water partition coefficient (Wildman–Crippen LogP) is 15.0. The molecule has 0 unspecified atom stereocenters. The van der Waals surface area contributed by atoms with Crippen LogP contribution in [0.4, 0.5) is 17.1 Å². The molecule has 0 atom stereocenters. The minimum absolute atomic E-state index is 0.108. The molecule has 0 amide bonds. The highest BCUT2D eigenvalue weighted by Crippen LogP contribution is 2.51. The molecule has 2 nitrogen and oxygen atoms in total. The van der Waals surface area contributed by atoms with Gasteiger partial charge in [0.25, 0.3) is 0 Å². The molecular formula is C53H37NO. The van der Waals surface area contributed by atoms with Crippen LogP contribution in [0.5, 0.6) is 0 Å². The van der Waals surface area contributed by atoms with Gasteiger partial charge in [0, 0.05) is 38.8 Å². The molecule has 1 heterocycles. The summed E-state index contributed by atoms with van der Waals surface area (Å²) < 4.78 is 6.43. The monoisotopic (exact) mass is 703 g/mol. The van der Waals surface area contributed by atoms with E-state index in [1.807, 2.05) is 6.07 Å². The van der Waals surface area contributed by atoms with Gasteiger partial charge in [0.15, 0.2) is 0 Å². The second-order valence-electron chi connectivity index (χ2n) is 15.3.